The SMILES string of the molecule is CCCNC(C)(C#N)CN(CC)CC(C)CC. The average molecular weight is 239 g/mol. The van der Waals surface area contributed by atoms with Crippen LogP contribution in [-0.2, 0) is 0 Å². The number of hydrogen-bond acceptors (Lipinski definition) is 3. The Kier molecular flexibility index (Phi) is 8.20. The van der Waals surface area contributed by atoms with Gasteiger partial charge in [0.15, 0.2) is 0 Å². The predicted octanol–water partition coefficient (Wildman–Crippen LogP) is 2.64. The van der Waals surface area contributed by atoms with Crippen LogP contribution < -0.4 is 5.32 Å². The molecule has 0 heterocycles. The topological polar surface area (TPSA) is 39.1 Å². The van der Waals surface area contributed by atoms with Gasteiger partial charge in [-0.15, -0.1) is 0 Å². The van der Waals surface area contributed by atoms with E-state index in [4.69, 9.17) is 0 Å². The maximum Gasteiger partial charge on any atom is 0.116 e. The van der Waals surface area contributed by atoms with E-state index in [9.17, 15) is 5.26 Å². The Morgan fingerprint density at radius 3 is 2.41 bits per heavy atom. The van der Waals surface area contributed by atoms with Crippen molar-refractivity contribution >= 4 is 0 Å². The zero-order valence-corrected chi connectivity index (χ0v) is 12.2. The van der Waals surface area contributed by atoms with E-state index in [1.165, 1.54) is 6.42 Å². The molecule has 2 unspecified atom stereocenters. The summed E-state index contributed by atoms with van der Waals surface area (Å²) in [6.45, 7) is 14.6. The van der Waals surface area contributed by atoms with Crippen molar-refractivity contribution in [3.8, 4) is 6.07 Å². The molecule has 0 saturated heterocycles. The van der Waals surface area contributed by atoms with Gasteiger partial charge in [0.05, 0.1) is 6.07 Å². The lowest BCUT2D eigenvalue weighted by atomic mass is 10.0. The number of hydrogen-bond donors (Lipinski definition) is 1. The highest BCUT2D eigenvalue weighted by molar-refractivity contribution is 5.05. The highest BCUT2D eigenvalue weighted by atomic mass is 15.2. The molecule has 0 spiro atoms. The van der Waals surface area contributed by atoms with Gasteiger partial charge in [0, 0.05) is 13.1 Å². The van der Waals surface area contributed by atoms with Crippen molar-refractivity contribution in [1.29, 1.82) is 5.26 Å². The lowest BCUT2D eigenvalue weighted by Gasteiger charge is -2.32. The second-order valence-electron chi connectivity index (χ2n) is 5.21. The molecule has 0 fully saturated rings. The van der Waals surface area contributed by atoms with E-state index in [2.05, 4.69) is 44.0 Å². The second-order valence-corrected chi connectivity index (χ2v) is 5.21. The van der Waals surface area contributed by atoms with Crippen molar-refractivity contribution in [2.75, 3.05) is 26.2 Å². The van der Waals surface area contributed by atoms with Gasteiger partial charge in [-0.2, -0.15) is 5.26 Å². The van der Waals surface area contributed by atoms with Crippen LogP contribution in [0.3, 0.4) is 0 Å². The molecule has 1 N–H and O–H groups in total. The number of nitrogens with zero attached hydrogens (tertiary/aromatic N) is 2. The van der Waals surface area contributed by atoms with E-state index in [0.29, 0.717) is 5.92 Å². The molecule has 3 nitrogen and oxygen atoms in total. The number of nitriles is 1. The molecule has 100 valence electrons. The monoisotopic (exact) mass is 239 g/mol. The van der Waals surface area contributed by atoms with Crippen LogP contribution in [0.1, 0.15) is 47.5 Å². The van der Waals surface area contributed by atoms with E-state index < -0.39 is 5.54 Å². The lowest BCUT2D eigenvalue weighted by molar-refractivity contribution is 0.201. The van der Waals surface area contributed by atoms with Gasteiger partial charge in [-0.1, -0.05) is 34.1 Å². The quantitative estimate of drug-likeness (QED) is 0.672. The van der Waals surface area contributed by atoms with Crippen LogP contribution in [0, 0.1) is 17.2 Å². The Hall–Kier alpha value is -0.590. The summed E-state index contributed by atoms with van der Waals surface area (Å²) in [5, 5.41) is 12.7. The standard InChI is InChI=1S/C14H29N3/c1-6-9-16-14(5,11-15)12-17(8-3)10-13(4)7-2/h13,16H,6-10,12H2,1-5H3. The third-order valence-electron chi connectivity index (χ3n) is 3.27. The Balaban J connectivity index is 4.35. The molecule has 0 bridgehead atoms. The van der Waals surface area contributed by atoms with Crippen LogP contribution in [0.5, 0.6) is 0 Å². The van der Waals surface area contributed by atoms with Crippen LogP contribution in [0.25, 0.3) is 0 Å². The fraction of sp³-hybridized carbons (Fsp3) is 0.929. The highest BCUT2D eigenvalue weighted by Crippen LogP contribution is 2.10. The van der Waals surface area contributed by atoms with Gasteiger partial charge in [0.25, 0.3) is 0 Å². The highest BCUT2D eigenvalue weighted by Gasteiger charge is 2.25. The number of likely N-dealkylation sites (N-methyl/N-ethyl adjacent to an activating group) is 1. The first-order chi connectivity index (χ1) is 8.01. The van der Waals surface area contributed by atoms with E-state index in [0.717, 1.165) is 32.6 Å². The first kappa shape index (κ1) is 16.4. The normalized spacial score (nSPS) is 16.5. The van der Waals surface area contributed by atoms with Gasteiger partial charge in [0.1, 0.15) is 5.54 Å². The Labute approximate surface area is 107 Å². The third kappa shape index (κ3) is 6.65. The number of rotatable bonds is 9. The van der Waals surface area contributed by atoms with Crippen LogP contribution in [-0.4, -0.2) is 36.6 Å². The van der Waals surface area contributed by atoms with Crippen molar-refractivity contribution in [3.63, 3.8) is 0 Å². The Bertz CT molecular complexity index is 234. The van der Waals surface area contributed by atoms with Crippen molar-refractivity contribution < 1.29 is 0 Å². The lowest BCUT2D eigenvalue weighted by Crippen LogP contribution is -2.51. The summed E-state index contributed by atoms with van der Waals surface area (Å²) in [5.74, 6) is 0.698. The van der Waals surface area contributed by atoms with Gasteiger partial charge >= 0.3 is 0 Å². The smallest absolute Gasteiger partial charge is 0.116 e. The summed E-state index contributed by atoms with van der Waals surface area (Å²) >= 11 is 0. The molecule has 0 saturated carbocycles. The molecule has 0 aliphatic carbocycles. The minimum atomic E-state index is -0.417. The van der Waals surface area contributed by atoms with Gasteiger partial charge in [-0.05, 0) is 32.4 Å². The largest absolute Gasteiger partial charge is 0.300 e. The predicted molar refractivity (Wildman–Crippen MR) is 73.9 cm³/mol. The van der Waals surface area contributed by atoms with Gasteiger partial charge < -0.3 is 4.90 Å². The molecule has 17 heavy (non-hydrogen) atoms. The van der Waals surface area contributed by atoms with E-state index in [1.54, 1.807) is 0 Å². The van der Waals surface area contributed by atoms with Gasteiger partial charge in [0.2, 0.25) is 0 Å². The second kappa shape index (κ2) is 8.49. The fourth-order valence-electron chi connectivity index (χ4n) is 1.85. The molecular weight excluding hydrogens is 210 g/mol. The molecule has 0 aromatic carbocycles. The molecular formula is C14H29N3. The van der Waals surface area contributed by atoms with E-state index >= 15 is 0 Å². The van der Waals surface area contributed by atoms with Crippen molar-refractivity contribution in [2.45, 2.75) is 53.0 Å². The van der Waals surface area contributed by atoms with Crippen LogP contribution in [0.4, 0.5) is 0 Å². The van der Waals surface area contributed by atoms with Crippen molar-refractivity contribution in [3.05, 3.63) is 0 Å². The maximum absolute atomic E-state index is 9.31. The summed E-state index contributed by atoms with van der Waals surface area (Å²) < 4.78 is 0. The fourth-order valence-corrected chi connectivity index (χ4v) is 1.85. The summed E-state index contributed by atoms with van der Waals surface area (Å²) in [6, 6.07) is 2.42. The molecule has 0 aromatic rings. The van der Waals surface area contributed by atoms with Gasteiger partial charge in [-0.25, -0.2) is 0 Å². The third-order valence-corrected chi connectivity index (χ3v) is 3.27. The van der Waals surface area contributed by atoms with Crippen molar-refractivity contribution in [2.24, 2.45) is 5.92 Å². The van der Waals surface area contributed by atoms with Crippen LogP contribution in [0.15, 0.2) is 0 Å². The number of nitrogens with one attached hydrogen (secondary N) is 1. The molecule has 0 aromatic heterocycles. The molecule has 3 heteroatoms. The zero-order valence-electron chi connectivity index (χ0n) is 12.2. The molecule has 0 aliphatic rings. The molecule has 2 atom stereocenters. The van der Waals surface area contributed by atoms with E-state index in [1.807, 2.05) is 6.92 Å². The Morgan fingerprint density at radius 2 is 2.00 bits per heavy atom. The summed E-state index contributed by atoms with van der Waals surface area (Å²) in [7, 11) is 0. The zero-order chi connectivity index (χ0) is 13.3. The van der Waals surface area contributed by atoms with Crippen LogP contribution >= 0.6 is 0 Å². The molecule has 0 radical (unpaired) electrons. The Morgan fingerprint density at radius 1 is 1.35 bits per heavy atom. The van der Waals surface area contributed by atoms with Crippen LogP contribution in [0.2, 0.25) is 0 Å². The average Bonchev–Trinajstić information content (AvgIpc) is 2.35. The minimum absolute atomic E-state index is 0.417. The summed E-state index contributed by atoms with van der Waals surface area (Å²) in [4.78, 5) is 2.38. The van der Waals surface area contributed by atoms with Gasteiger partial charge in [-0.3, -0.25) is 5.32 Å². The van der Waals surface area contributed by atoms with Crippen molar-refractivity contribution in [1.82, 2.24) is 10.2 Å². The molecule has 0 aliphatic heterocycles. The maximum atomic E-state index is 9.31. The first-order valence-electron chi connectivity index (χ1n) is 6.89. The van der Waals surface area contributed by atoms with E-state index in [-0.39, 0.29) is 0 Å². The molecule has 0 amide bonds. The molecule has 0 rings (SSSR count). The first-order valence-corrected chi connectivity index (χ1v) is 6.89. The minimum Gasteiger partial charge on any atom is -0.300 e. The summed E-state index contributed by atoms with van der Waals surface area (Å²) in [5.41, 5.74) is -0.417. The summed E-state index contributed by atoms with van der Waals surface area (Å²) in [6.07, 6.45) is 2.26.